The van der Waals surface area contributed by atoms with Crippen LogP contribution >= 0.6 is 27.3 Å². The van der Waals surface area contributed by atoms with E-state index in [0.29, 0.717) is 0 Å². The molecule has 1 unspecified atom stereocenters. The number of thiophene rings is 1. The molecule has 0 aromatic carbocycles. The first-order chi connectivity index (χ1) is 8.67. The van der Waals surface area contributed by atoms with Crippen LogP contribution in [-0.2, 0) is 12.0 Å². The molecule has 96 valence electrons. The van der Waals surface area contributed by atoms with Gasteiger partial charge in [0.1, 0.15) is 0 Å². The maximum Gasteiger partial charge on any atom is 0.0951 e. The summed E-state index contributed by atoms with van der Waals surface area (Å²) in [6.45, 7) is 5.39. The third-order valence-corrected chi connectivity index (χ3v) is 5.26. The fourth-order valence-electron chi connectivity index (χ4n) is 2.59. The van der Waals surface area contributed by atoms with Crippen molar-refractivity contribution in [3.05, 3.63) is 39.0 Å². The topological polar surface area (TPSA) is 29.9 Å². The van der Waals surface area contributed by atoms with Gasteiger partial charge in [-0.1, -0.05) is 6.92 Å². The molecule has 1 N–H and O–H groups in total. The number of hydrogen-bond acceptors (Lipinski definition) is 3. The molecule has 2 aromatic heterocycles. The lowest BCUT2D eigenvalue weighted by Crippen LogP contribution is -2.28. The van der Waals surface area contributed by atoms with Gasteiger partial charge in [0.2, 0.25) is 0 Å². The number of halogens is 1. The van der Waals surface area contributed by atoms with Crippen LogP contribution < -0.4 is 5.32 Å². The van der Waals surface area contributed by atoms with Crippen molar-refractivity contribution in [2.24, 2.45) is 0 Å². The standard InChI is InChI=1S/C13H16BrN3S/c1-13(4-5-15-8-13)11-6-16-9-17(11)7-10-2-3-12(14)18-10/h2-3,6,9,15H,4-5,7-8H2,1H3. The number of nitrogens with one attached hydrogen (secondary N) is 1. The molecule has 2 aromatic rings. The van der Waals surface area contributed by atoms with Crippen LogP contribution in [0.4, 0.5) is 0 Å². The average molecular weight is 326 g/mol. The van der Waals surface area contributed by atoms with Crippen LogP contribution in [0.2, 0.25) is 0 Å². The smallest absolute Gasteiger partial charge is 0.0951 e. The minimum absolute atomic E-state index is 0.227. The molecule has 0 radical (unpaired) electrons. The molecule has 1 aliphatic heterocycles. The van der Waals surface area contributed by atoms with Crippen LogP contribution in [0.3, 0.4) is 0 Å². The minimum atomic E-state index is 0.227. The van der Waals surface area contributed by atoms with E-state index in [1.807, 2.05) is 12.5 Å². The van der Waals surface area contributed by atoms with Gasteiger partial charge in [-0.05, 0) is 41.0 Å². The van der Waals surface area contributed by atoms with Gasteiger partial charge in [-0.2, -0.15) is 0 Å². The Morgan fingerprint density at radius 2 is 2.44 bits per heavy atom. The molecule has 1 aliphatic rings. The highest BCUT2D eigenvalue weighted by molar-refractivity contribution is 9.11. The van der Waals surface area contributed by atoms with E-state index in [2.05, 4.69) is 49.9 Å². The number of aromatic nitrogens is 2. The zero-order chi connectivity index (χ0) is 12.6. The molecule has 3 heterocycles. The van der Waals surface area contributed by atoms with Crippen molar-refractivity contribution in [1.29, 1.82) is 0 Å². The number of rotatable bonds is 3. The van der Waals surface area contributed by atoms with Crippen LogP contribution in [-0.4, -0.2) is 22.6 Å². The lowest BCUT2D eigenvalue weighted by molar-refractivity contribution is 0.482. The normalized spacial score (nSPS) is 23.7. The van der Waals surface area contributed by atoms with Crippen molar-refractivity contribution in [3.63, 3.8) is 0 Å². The van der Waals surface area contributed by atoms with Gasteiger partial charge >= 0.3 is 0 Å². The first-order valence-electron chi connectivity index (χ1n) is 6.13. The summed E-state index contributed by atoms with van der Waals surface area (Å²) < 4.78 is 3.47. The highest BCUT2D eigenvalue weighted by Crippen LogP contribution is 2.31. The summed E-state index contributed by atoms with van der Waals surface area (Å²) in [4.78, 5) is 5.70. The Kier molecular flexibility index (Phi) is 3.30. The molecule has 1 fully saturated rings. The fourth-order valence-corrected chi connectivity index (χ4v) is 4.07. The predicted molar refractivity (Wildman–Crippen MR) is 78.2 cm³/mol. The van der Waals surface area contributed by atoms with E-state index < -0.39 is 0 Å². The molecule has 0 bridgehead atoms. The van der Waals surface area contributed by atoms with E-state index in [1.54, 1.807) is 11.3 Å². The van der Waals surface area contributed by atoms with Crippen LogP contribution in [0.25, 0.3) is 0 Å². The molecule has 0 amide bonds. The molecule has 0 saturated carbocycles. The highest BCUT2D eigenvalue weighted by atomic mass is 79.9. The Morgan fingerprint density at radius 3 is 3.11 bits per heavy atom. The zero-order valence-corrected chi connectivity index (χ0v) is 12.7. The Hall–Kier alpha value is -0.650. The fraction of sp³-hybridized carbons (Fsp3) is 0.462. The van der Waals surface area contributed by atoms with E-state index in [9.17, 15) is 0 Å². The molecular formula is C13H16BrN3S. The largest absolute Gasteiger partial charge is 0.329 e. The Balaban J connectivity index is 1.87. The summed E-state index contributed by atoms with van der Waals surface area (Å²) in [5.74, 6) is 0. The van der Waals surface area contributed by atoms with Gasteiger partial charge in [-0.3, -0.25) is 0 Å². The summed E-state index contributed by atoms with van der Waals surface area (Å²) in [6.07, 6.45) is 5.16. The molecular weight excluding hydrogens is 310 g/mol. The van der Waals surface area contributed by atoms with Gasteiger partial charge in [-0.15, -0.1) is 11.3 Å². The monoisotopic (exact) mass is 325 g/mol. The van der Waals surface area contributed by atoms with Crippen molar-refractivity contribution in [3.8, 4) is 0 Å². The van der Waals surface area contributed by atoms with E-state index in [4.69, 9.17) is 0 Å². The number of nitrogens with zero attached hydrogens (tertiary/aromatic N) is 2. The van der Waals surface area contributed by atoms with Crippen LogP contribution in [0.1, 0.15) is 23.9 Å². The maximum atomic E-state index is 4.34. The van der Waals surface area contributed by atoms with Crippen molar-refractivity contribution >= 4 is 27.3 Å². The molecule has 3 rings (SSSR count). The summed E-state index contributed by atoms with van der Waals surface area (Å²) in [5.41, 5.74) is 1.57. The van der Waals surface area contributed by atoms with Crippen molar-refractivity contribution < 1.29 is 0 Å². The average Bonchev–Trinajstić information content (AvgIpc) is 3.02. The summed E-state index contributed by atoms with van der Waals surface area (Å²) in [6, 6.07) is 4.28. The Morgan fingerprint density at radius 1 is 1.56 bits per heavy atom. The molecule has 3 nitrogen and oxygen atoms in total. The van der Waals surface area contributed by atoms with Crippen LogP contribution in [0.5, 0.6) is 0 Å². The van der Waals surface area contributed by atoms with E-state index >= 15 is 0 Å². The van der Waals surface area contributed by atoms with E-state index in [-0.39, 0.29) is 5.41 Å². The van der Waals surface area contributed by atoms with Gasteiger partial charge in [0.05, 0.1) is 16.7 Å². The van der Waals surface area contributed by atoms with Gasteiger partial charge in [-0.25, -0.2) is 4.98 Å². The van der Waals surface area contributed by atoms with Gasteiger partial charge in [0.25, 0.3) is 0 Å². The first-order valence-corrected chi connectivity index (χ1v) is 7.74. The molecule has 18 heavy (non-hydrogen) atoms. The molecule has 0 aliphatic carbocycles. The summed E-state index contributed by atoms with van der Waals surface area (Å²) in [7, 11) is 0. The maximum absolute atomic E-state index is 4.34. The molecule has 0 spiro atoms. The van der Waals surface area contributed by atoms with Crippen LogP contribution in [0.15, 0.2) is 28.4 Å². The number of imidazole rings is 1. The van der Waals surface area contributed by atoms with Gasteiger partial charge in [0.15, 0.2) is 0 Å². The molecule has 1 saturated heterocycles. The first kappa shape index (κ1) is 12.4. The minimum Gasteiger partial charge on any atom is -0.329 e. The lowest BCUT2D eigenvalue weighted by atomic mass is 9.86. The number of hydrogen-bond donors (Lipinski definition) is 1. The Labute approximate surface area is 119 Å². The quantitative estimate of drug-likeness (QED) is 0.940. The van der Waals surface area contributed by atoms with Gasteiger partial charge < -0.3 is 9.88 Å². The van der Waals surface area contributed by atoms with Crippen molar-refractivity contribution in [2.75, 3.05) is 13.1 Å². The van der Waals surface area contributed by atoms with E-state index in [1.165, 1.54) is 20.8 Å². The third kappa shape index (κ3) is 2.27. The summed E-state index contributed by atoms with van der Waals surface area (Å²) >= 11 is 5.30. The summed E-state index contributed by atoms with van der Waals surface area (Å²) in [5, 5.41) is 3.45. The van der Waals surface area contributed by atoms with E-state index in [0.717, 1.165) is 19.6 Å². The van der Waals surface area contributed by atoms with Crippen molar-refractivity contribution in [1.82, 2.24) is 14.9 Å². The molecule has 1 atom stereocenters. The van der Waals surface area contributed by atoms with Gasteiger partial charge in [0, 0.05) is 28.7 Å². The second-order valence-corrected chi connectivity index (χ2v) is 7.65. The second-order valence-electron chi connectivity index (χ2n) is 5.10. The predicted octanol–water partition coefficient (Wildman–Crippen LogP) is 3.01. The zero-order valence-electron chi connectivity index (χ0n) is 10.3. The highest BCUT2D eigenvalue weighted by Gasteiger charge is 2.33. The SMILES string of the molecule is CC1(c2cncn2Cc2ccc(Br)s2)CCNC1. The lowest BCUT2D eigenvalue weighted by Gasteiger charge is -2.24. The van der Waals surface area contributed by atoms with Crippen molar-refractivity contribution in [2.45, 2.75) is 25.3 Å². The second kappa shape index (κ2) is 4.79. The van der Waals surface area contributed by atoms with Crippen LogP contribution in [0, 0.1) is 0 Å². The Bertz CT molecular complexity index is 540. The third-order valence-electron chi connectivity index (χ3n) is 3.65. The molecule has 5 heteroatoms.